The molecule has 86 valence electrons. The largest absolute Gasteiger partial charge is 0.295 e. The second-order valence-corrected chi connectivity index (χ2v) is 6.85. The van der Waals surface area contributed by atoms with Crippen LogP contribution in [0.25, 0.3) is 0 Å². The van der Waals surface area contributed by atoms with Gasteiger partial charge < -0.3 is 0 Å². The van der Waals surface area contributed by atoms with Crippen molar-refractivity contribution >= 4 is 0 Å². The monoisotopic (exact) mass is 207 g/mol. The van der Waals surface area contributed by atoms with E-state index in [2.05, 4.69) is 25.7 Å². The van der Waals surface area contributed by atoms with Crippen LogP contribution >= 0.6 is 0 Å². The van der Waals surface area contributed by atoms with Crippen molar-refractivity contribution in [3.05, 3.63) is 0 Å². The Bertz CT molecular complexity index is 236. The van der Waals surface area contributed by atoms with Crippen LogP contribution in [0.1, 0.15) is 59.3 Å². The number of piperidine rings is 1. The van der Waals surface area contributed by atoms with Gasteiger partial charge in [-0.2, -0.15) is 0 Å². The van der Waals surface area contributed by atoms with E-state index >= 15 is 0 Å². The third kappa shape index (κ3) is 1.46. The average Bonchev–Trinajstić information content (AvgIpc) is 2.37. The highest BCUT2D eigenvalue weighted by molar-refractivity contribution is 5.06. The maximum absolute atomic E-state index is 2.83. The standard InChI is InChI=1S/C14H25N/c1-10(2)15-12-4-5-13(15)9-14(8-12)6-11(3)7-14/h10-13H,4-9H2,1-3H3. The van der Waals surface area contributed by atoms with Crippen LogP contribution in [0.3, 0.4) is 0 Å². The van der Waals surface area contributed by atoms with Crippen LogP contribution in [-0.4, -0.2) is 23.0 Å². The molecule has 3 aliphatic rings. The Labute approximate surface area is 94.2 Å². The molecule has 1 nitrogen and oxygen atoms in total. The molecule has 2 saturated heterocycles. The zero-order valence-corrected chi connectivity index (χ0v) is 10.5. The van der Waals surface area contributed by atoms with Crippen LogP contribution in [0.2, 0.25) is 0 Å². The van der Waals surface area contributed by atoms with Gasteiger partial charge in [0.25, 0.3) is 0 Å². The zero-order valence-electron chi connectivity index (χ0n) is 10.5. The van der Waals surface area contributed by atoms with Crippen molar-refractivity contribution in [1.29, 1.82) is 0 Å². The van der Waals surface area contributed by atoms with Crippen molar-refractivity contribution in [2.75, 3.05) is 0 Å². The summed E-state index contributed by atoms with van der Waals surface area (Å²) in [5.41, 5.74) is 0.802. The number of nitrogens with zero attached hydrogens (tertiary/aromatic N) is 1. The van der Waals surface area contributed by atoms with Gasteiger partial charge >= 0.3 is 0 Å². The van der Waals surface area contributed by atoms with Gasteiger partial charge in [0, 0.05) is 18.1 Å². The molecule has 0 radical (unpaired) electrons. The second kappa shape index (κ2) is 3.23. The summed E-state index contributed by atoms with van der Waals surface area (Å²) in [7, 11) is 0. The zero-order chi connectivity index (χ0) is 10.6. The van der Waals surface area contributed by atoms with Gasteiger partial charge in [-0.25, -0.2) is 0 Å². The lowest BCUT2D eigenvalue weighted by atomic mass is 9.56. The summed E-state index contributed by atoms with van der Waals surface area (Å²) in [4.78, 5) is 2.83. The molecule has 1 saturated carbocycles. The van der Waals surface area contributed by atoms with Crippen molar-refractivity contribution in [3.63, 3.8) is 0 Å². The highest BCUT2D eigenvalue weighted by Gasteiger charge is 2.53. The molecule has 1 aliphatic carbocycles. The van der Waals surface area contributed by atoms with Crippen LogP contribution in [0.15, 0.2) is 0 Å². The number of hydrogen-bond acceptors (Lipinski definition) is 1. The van der Waals surface area contributed by atoms with Gasteiger partial charge in [0.15, 0.2) is 0 Å². The molecular weight excluding hydrogens is 182 g/mol. The molecule has 3 fully saturated rings. The molecule has 2 heterocycles. The summed E-state index contributed by atoms with van der Waals surface area (Å²) >= 11 is 0. The van der Waals surface area contributed by atoms with Crippen LogP contribution in [-0.2, 0) is 0 Å². The van der Waals surface area contributed by atoms with E-state index in [0.717, 1.165) is 29.5 Å². The Hall–Kier alpha value is -0.0400. The number of rotatable bonds is 1. The van der Waals surface area contributed by atoms with Gasteiger partial charge in [-0.1, -0.05) is 6.92 Å². The first-order valence-corrected chi connectivity index (χ1v) is 6.87. The highest BCUT2D eigenvalue weighted by Crippen LogP contribution is 2.58. The van der Waals surface area contributed by atoms with Crippen molar-refractivity contribution in [2.45, 2.75) is 77.4 Å². The average molecular weight is 207 g/mol. The fraction of sp³-hybridized carbons (Fsp3) is 1.00. The van der Waals surface area contributed by atoms with Crippen LogP contribution in [0.4, 0.5) is 0 Å². The molecule has 2 unspecified atom stereocenters. The smallest absolute Gasteiger partial charge is 0.0107 e. The number of fused-ring (bicyclic) bond motifs is 2. The van der Waals surface area contributed by atoms with E-state index in [0.29, 0.717) is 0 Å². The van der Waals surface area contributed by atoms with Crippen molar-refractivity contribution in [3.8, 4) is 0 Å². The summed E-state index contributed by atoms with van der Waals surface area (Å²) in [6.07, 6.45) is 9.08. The first kappa shape index (κ1) is 10.1. The van der Waals surface area contributed by atoms with E-state index in [-0.39, 0.29) is 0 Å². The molecule has 0 N–H and O–H groups in total. The van der Waals surface area contributed by atoms with E-state index in [4.69, 9.17) is 0 Å². The molecule has 1 heteroatoms. The Morgan fingerprint density at radius 3 is 1.93 bits per heavy atom. The van der Waals surface area contributed by atoms with Gasteiger partial charge in [0.2, 0.25) is 0 Å². The van der Waals surface area contributed by atoms with E-state index in [1.807, 2.05) is 0 Å². The van der Waals surface area contributed by atoms with Crippen LogP contribution in [0.5, 0.6) is 0 Å². The summed E-state index contributed by atoms with van der Waals surface area (Å²) < 4.78 is 0. The van der Waals surface area contributed by atoms with Gasteiger partial charge in [-0.05, 0) is 63.7 Å². The first-order valence-electron chi connectivity index (χ1n) is 6.87. The van der Waals surface area contributed by atoms with E-state index in [9.17, 15) is 0 Å². The summed E-state index contributed by atoms with van der Waals surface area (Å²) in [5, 5.41) is 0. The molecule has 2 atom stereocenters. The van der Waals surface area contributed by atoms with Gasteiger partial charge in [-0.3, -0.25) is 4.90 Å². The molecular formula is C14H25N. The second-order valence-electron chi connectivity index (χ2n) is 6.85. The van der Waals surface area contributed by atoms with E-state index < -0.39 is 0 Å². The minimum absolute atomic E-state index is 0.775. The minimum Gasteiger partial charge on any atom is -0.295 e. The van der Waals surface area contributed by atoms with Crippen LogP contribution < -0.4 is 0 Å². The fourth-order valence-corrected chi connectivity index (χ4v) is 5.07. The van der Waals surface area contributed by atoms with Gasteiger partial charge in [0.1, 0.15) is 0 Å². The summed E-state index contributed by atoms with van der Waals surface area (Å²) in [6, 6.07) is 2.66. The normalized spacial score (nSPS) is 50.0. The maximum atomic E-state index is 2.83. The lowest BCUT2D eigenvalue weighted by Crippen LogP contribution is -2.54. The minimum atomic E-state index is 0.775. The molecule has 15 heavy (non-hydrogen) atoms. The van der Waals surface area contributed by atoms with E-state index in [1.54, 1.807) is 0 Å². The molecule has 0 amide bonds. The van der Waals surface area contributed by atoms with Crippen molar-refractivity contribution in [2.24, 2.45) is 11.3 Å². The molecule has 0 aromatic heterocycles. The lowest BCUT2D eigenvalue weighted by molar-refractivity contribution is -0.0511. The predicted molar refractivity (Wildman–Crippen MR) is 63.9 cm³/mol. The summed E-state index contributed by atoms with van der Waals surface area (Å²) in [6.45, 7) is 7.20. The Kier molecular flexibility index (Phi) is 2.18. The number of hydrogen-bond donors (Lipinski definition) is 0. The molecule has 3 rings (SSSR count). The quantitative estimate of drug-likeness (QED) is 0.636. The van der Waals surface area contributed by atoms with Crippen LogP contribution in [0, 0.1) is 11.3 Å². The molecule has 0 aromatic carbocycles. The molecule has 2 aliphatic heterocycles. The first-order chi connectivity index (χ1) is 7.10. The third-order valence-electron chi connectivity index (χ3n) is 5.17. The molecule has 2 bridgehead atoms. The molecule has 1 spiro atoms. The van der Waals surface area contributed by atoms with E-state index in [1.165, 1.54) is 38.5 Å². The Morgan fingerprint density at radius 1 is 1.00 bits per heavy atom. The maximum Gasteiger partial charge on any atom is 0.0107 e. The SMILES string of the molecule is CC1CC2(C1)CC1CCC(C2)N1C(C)C. The highest BCUT2D eigenvalue weighted by atomic mass is 15.2. The Balaban J connectivity index is 1.75. The summed E-state index contributed by atoms with van der Waals surface area (Å²) in [5.74, 6) is 1.02. The third-order valence-corrected chi connectivity index (χ3v) is 5.17. The van der Waals surface area contributed by atoms with Gasteiger partial charge in [-0.15, -0.1) is 0 Å². The Morgan fingerprint density at radius 2 is 1.53 bits per heavy atom. The predicted octanol–water partition coefficient (Wildman–Crippen LogP) is 3.44. The van der Waals surface area contributed by atoms with Crippen molar-refractivity contribution < 1.29 is 0 Å². The van der Waals surface area contributed by atoms with Crippen molar-refractivity contribution in [1.82, 2.24) is 4.90 Å². The lowest BCUT2D eigenvalue weighted by Gasteiger charge is -2.55. The fourth-order valence-electron chi connectivity index (χ4n) is 5.07. The molecule has 0 aromatic rings. The van der Waals surface area contributed by atoms with Gasteiger partial charge in [0.05, 0.1) is 0 Å². The topological polar surface area (TPSA) is 3.24 Å².